The highest BCUT2D eigenvalue weighted by Gasteiger charge is 2.21. The van der Waals surface area contributed by atoms with Gasteiger partial charge in [-0.05, 0) is 132 Å². The summed E-state index contributed by atoms with van der Waals surface area (Å²) in [7, 11) is 0. The van der Waals surface area contributed by atoms with Crippen LogP contribution < -0.4 is 4.90 Å². The fourth-order valence-electron chi connectivity index (χ4n) is 10.8. The maximum atomic E-state index is 2.43. The van der Waals surface area contributed by atoms with E-state index >= 15 is 0 Å². The van der Waals surface area contributed by atoms with Crippen molar-refractivity contribution in [2.45, 2.75) is 0 Å². The zero-order valence-electron chi connectivity index (χ0n) is 38.5. The van der Waals surface area contributed by atoms with Crippen LogP contribution in [0.3, 0.4) is 0 Å². The van der Waals surface area contributed by atoms with E-state index in [2.05, 4.69) is 289 Å². The molecular weight excluding hydrogens is 845 g/mol. The van der Waals surface area contributed by atoms with Crippen molar-refractivity contribution in [1.82, 2.24) is 4.57 Å². The van der Waals surface area contributed by atoms with Gasteiger partial charge in [0, 0.05) is 39.1 Å². The van der Waals surface area contributed by atoms with Crippen LogP contribution in [-0.4, -0.2) is 4.57 Å². The van der Waals surface area contributed by atoms with E-state index in [9.17, 15) is 0 Å². The van der Waals surface area contributed by atoms with E-state index in [-0.39, 0.29) is 0 Å². The average Bonchev–Trinajstić information content (AvgIpc) is 3.78. The van der Waals surface area contributed by atoms with Gasteiger partial charge in [-0.2, -0.15) is 0 Å². The lowest BCUT2D eigenvalue weighted by Crippen LogP contribution is -2.10. The summed E-state index contributed by atoms with van der Waals surface area (Å²) >= 11 is 0. The SMILES string of the molecule is c1ccc(-c2cccc(N(c3cccc(-c4ccc5c(c4)c(-c4ccccc4)c(-c4ccccc4)c4ccccc45)c3)c3cccc(-c4cccc5c6ccccc6n(-c6ccccc6)c45)c3)c2)cc1. The monoisotopic (exact) mass is 890 g/mol. The summed E-state index contributed by atoms with van der Waals surface area (Å²) < 4.78 is 2.43. The molecule has 2 heteroatoms. The van der Waals surface area contributed by atoms with Gasteiger partial charge in [-0.1, -0.05) is 218 Å². The Hall–Kier alpha value is -9.24. The van der Waals surface area contributed by atoms with Crippen molar-refractivity contribution in [1.29, 1.82) is 0 Å². The van der Waals surface area contributed by atoms with Gasteiger partial charge in [0.1, 0.15) is 0 Å². The van der Waals surface area contributed by atoms with Crippen LogP contribution >= 0.6 is 0 Å². The molecule has 0 fully saturated rings. The van der Waals surface area contributed by atoms with Crippen molar-refractivity contribution in [3.05, 3.63) is 279 Å². The lowest BCUT2D eigenvalue weighted by molar-refractivity contribution is 1.18. The van der Waals surface area contributed by atoms with Crippen molar-refractivity contribution in [3.63, 3.8) is 0 Å². The number of nitrogens with zero attached hydrogens (tertiary/aromatic N) is 2. The molecule has 0 aliphatic carbocycles. The molecular formula is C68H46N2. The Morgan fingerprint density at radius 1 is 0.243 bits per heavy atom. The number of aromatic nitrogens is 1. The molecule has 0 atom stereocenters. The lowest BCUT2D eigenvalue weighted by Gasteiger charge is -2.27. The Morgan fingerprint density at radius 2 is 0.671 bits per heavy atom. The fraction of sp³-hybridized carbons (Fsp3) is 0. The Balaban J connectivity index is 1.01. The number of hydrogen-bond donors (Lipinski definition) is 0. The highest BCUT2D eigenvalue weighted by molar-refractivity contribution is 6.22. The fourth-order valence-corrected chi connectivity index (χ4v) is 10.8. The van der Waals surface area contributed by atoms with Gasteiger partial charge in [0.05, 0.1) is 11.0 Å². The third-order valence-electron chi connectivity index (χ3n) is 13.9. The summed E-state index contributed by atoms with van der Waals surface area (Å²) in [5.41, 5.74) is 18.6. The third kappa shape index (κ3) is 7.13. The number of rotatable bonds is 9. The Morgan fingerprint density at radius 3 is 1.31 bits per heavy atom. The van der Waals surface area contributed by atoms with Crippen LogP contribution in [0.4, 0.5) is 17.1 Å². The molecule has 0 saturated carbocycles. The van der Waals surface area contributed by atoms with Crippen LogP contribution in [0.15, 0.2) is 279 Å². The average molecular weight is 891 g/mol. The van der Waals surface area contributed by atoms with Crippen molar-refractivity contribution < 1.29 is 0 Å². The summed E-state index contributed by atoms with van der Waals surface area (Å²) in [5, 5.41) is 7.45. The second-order valence-corrected chi connectivity index (χ2v) is 18.0. The van der Waals surface area contributed by atoms with E-state index in [0.29, 0.717) is 0 Å². The molecule has 0 spiro atoms. The molecule has 13 aromatic rings. The minimum atomic E-state index is 1.07. The second-order valence-electron chi connectivity index (χ2n) is 18.0. The number of hydrogen-bond acceptors (Lipinski definition) is 1. The second kappa shape index (κ2) is 17.4. The molecule has 0 aliphatic rings. The van der Waals surface area contributed by atoms with Gasteiger partial charge in [-0.3, -0.25) is 0 Å². The predicted octanol–water partition coefficient (Wildman–Crippen LogP) is 18.9. The van der Waals surface area contributed by atoms with Crippen molar-refractivity contribution in [2.24, 2.45) is 0 Å². The highest BCUT2D eigenvalue weighted by Crippen LogP contribution is 2.47. The van der Waals surface area contributed by atoms with Crippen molar-refractivity contribution >= 4 is 60.4 Å². The molecule has 1 aromatic heterocycles. The molecule has 12 aromatic carbocycles. The molecule has 0 amide bonds. The number of anilines is 3. The maximum absolute atomic E-state index is 2.43. The van der Waals surface area contributed by atoms with E-state index in [1.807, 2.05) is 0 Å². The first-order valence-electron chi connectivity index (χ1n) is 24.1. The number of fused-ring (bicyclic) bond motifs is 6. The van der Waals surface area contributed by atoms with E-state index < -0.39 is 0 Å². The molecule has 70 heavy (non-hydrogen) atoms. The molecule has 0 N–H and O–H groups in total. The molecule has 328 valence electrons. The third-order valence-corrected chi connectivity index (χ3v) is 13.9. The smallest absolute Gasteiger partial charge is 0.0619 e. The minimum Gasteiger partial charge on any atom is -0.310 e. The van der Waals surface area contributed by atoms with Crippen LogP contribution in [0, 0.1) is 0 Å². The van der Waals surface area contributed by atoms with Gasteiger partial charge in [-0.25, -0.2) is 0 Å². The first-order chi connectivity index (χ1) is 34.7. The summed E-state index contributed by atoms with van der Waals surface area (Å²) in [4.78, 5) is 2.42. The van der Waals surface area contributed by atoms with Crippen LogP contribution in [0.2, 0.25) is 0 Å². The molecule has 0 bridgehead atoms. The normalized spacial score (nSPS) is 11.4. The molecule has 0 unspecified atom stereocenters. The van der Waals surface area contributed by atoms with Gasteiger partial charge in [0.2, 0.25) is 0 Å². The Kier molecular flexibility index (Phi) is 10.2. The first-order valence-corrected chi connectivity index (χ1v) is 24.1. The Labute approximate surface area is 408 Å². The van der Waals surface area contributed by atoms with E-state index in [1.165, 1.54) is 76.7 Å². The highest BCUT2D eigenvalue weighted by atomic mass is 15.1. The summed E-state index contributed by atoms with van der Waals surface area (Å²) in [5.74, 6) is 0. The molecule has 0 aliphatic heterocycles. The van der Waals surface area contributed by atoms with Crippen molar-refractivity contribution in [2.75, 3.05) is 4.90 Å². The molecule has 0 saturated heterocycles. The van der Waals surface area contributed by atoms with Gasteiger partial charge >= 0.3 is 0 Å². The van der Waals surface area contributed by atoms with Crippen LogP contribution in [-0.2, 0) is 0 Å². The Bertz CT molecular complexity index is 4040. The lowest BCUT2D eigenvalue weighted by atomic mass is 9.84. The number of para-hydroxylation sites is 3. The molecule has 1 heterocycles. The van der Waals surface area contributed by atoms with E-state index in [4.69, 9.17) is 0 Å². The molecule has 0 radical (unpaired) electrons. The van der Waals surface area contributed by atoms with Gasteiger partial charge in [-0.15, -0.1) is 0 Å². The quantitative estimate of drug-likeness (QED) is 0.131. The summed E-state index contributed by atoms with van der Waals surface area (Å²) in [6.07, 6.45) is 0. The van der Waals surface area contributed by atoms with Gasteiger partial charge in [0.15, 0.2) is 0 Å². The predicted molar refractivity (Wildman–Crippen MR) is 298 cm³/mol. The zero-order chi connectivity index (χ0) is 46.4. The minimum absolute atomic E-state index is 1.07. The maximum Gasteiger partial charge on any atom is 0.0619 e. The molecule has 2 nitrogen and oxygen atoms in total. The standard InChI is InChI=1S/C68H46N2/c1-5-21-47(22-6-1)50-27-17-32-55(43-50)69(57-34-19-29-53(45-57)58-38-20-39-63-61-36-15-16-40-65(61)70(68(58)63)54-30-11-4-12-31-54)56-33-18-28-51(44-56)52-41-42-60-59-35-13-14-37-62(59)66(48-23-7-2-8-24-48)67(64(60)46-52)49-25-9-3-10-26-49/h1-46H. The zero-order valence-corrected chi connectivity index (χ0v) is 38.5. The number of benzene rings is 12. The molecule has 13 rings (SSSR count). The van der Waals surface area contributed by atoms with Crippen LogP contribution in [0.25, 0.3) is 105 Å². The summed E-state index contributed by atoms with van der Waals surface area (Å²) in [6.45, 7) is 0. The van der Waals surface area contributed by atoms with Crippen molar-refractivity contribution in [3.8, 4) is 61.3 Å². The largest absolute Gasteiger partial charge is 0.310 e. The van der Waals surface area contributed by atoms with E-state index in [1.54, 1.807) is 0 Å². The van der Waals surface area contributed by atoms with Gasteiger partial charge < -0.3 is 9.47 Å². The topological polar surface area (TPSA) is 8.17 Å². The van der Waals surface area contributed by atoms with Crippen LogP contribution in [0.5, 0.6) is 0 Å². The van der Waals surface area contributed by atoms with E-state index in [0.717, 1.165) is 45.0 Å². The van der Waals surface area contributed by atoms with Gasteiger partial charge in [0.25, 0.3) is 0 Å². The first kappa shape index (κ1) is 41.0. The summed E-state index contributed by atoms with van der Waals surface area (Å²) in [6, 6.07) is 102. The van der Waals surface area contributed by atoms with Crippen LogP contribution in [0.1, 0.15) is 0 Å².